The van der Waals surface area contributed by atoms with Crippen molar-refractivity contribution in [2.24, 2.45) is 11.8 Å². The molecule has 2 bridgehead atoms. The molecule has 2 spiro atoms. The molecule has 8 rings (SSSR count). The fourth-order valence-electron chi connectivity index (χ4n) is 10.4. The number of carbonyl (C=O) groups excluding carboxylic acids is 10. The number of hydrogen-bond donors (Lipinski definition) is 6. The number of thioether (sulfide) groups is 1. The van der Waals surface area contributed by atoms with Crippen LogP contribution in [0.2, 0.25) is 0 Å². The van der Waals surface area contributed by atoms with E-state index < -0.39 is 176 Å². The first kappa shape index (κ1) is 58.2. The second-order valence-electron chi connectivity index (χ2n) is 20.7. The second kappa shape index (κ2) is 22.7. The highest BCUT2D eigenvalue weighted by Crippen LogP contribution is 2.50. The van der Waals surface area contributed by atoms with Crippen molar-refractivity contribution >= 4 is 104 Å². The molecule has 12 atom stereocenters. The van der Waals surface area contributed by atoms with Crippen LogP contribution in [0.5, 0.6) is 11.5 Å². The lowest BCUT2D eigenvalue weighted by Crippen LogP contribution is -2.62. The van der Waals surface area contributed by atoms with Crippen LogP contribution in [-0.2, 0) is 58.6 Å². The van der Waals surface area contributed by atoms with Gasteiger partial charge in [0.1, 0.15) is 76.6 Å². The Morgan fingerprint density at radius 1 is 0.650 bits per heavy atom. The fraction of sp³-hybridized carbons (Fsp3) is 0.472. The summed E-state index contributed by atoms with van der Waals surface area (Å²) in [5.41, 5.74) is -3.89. The summed E-state index contributed by atoms with van der Waals surface area (Å²) in [6.45, 7) is 4.01. The van der Waals surface area contributed by atoms with Crippen molar-refractivity contribution in [1.29, 1.82) is 0 Å². The summed E-state index contributed by atoms with van der Waals surface area (Å²) < 4.78 is 25.3. The Labute approximate surface area is 465 Å². The van der Waals surface area contributed by atoms with Crippen LogP contribution in [-0.4, -0.2) is 209 Å². The molecule has 27 heteroatoms. The van der Waals surface area contributed by atoms with Gasteiger partial charge < -0.3 is 60.6 Å². The number of carbonyl (C=O) groups is 10. The number of nitrogens with one attached hydrogen (secondary N) is 4. The Morgan fingerprint density at radius 2 is 1.05 bits per heavy atom. The second-order valence-corrected chi connectivity index (χ2v) is 23.6. The van der Waals surface area contributed by atoms with Gasteiger partial charge in [0.2, 0.25) is 35.4 Å². The van der Waals surface area contributed by atoms with Crippen LogP contribution in [0.4, 0.5) is 0 Å². The first-order valence-corrected chi connectivity index (χ1v) is 28.2. The van der Waals surface area contributed by atoms with Crippen molar-refractivity contribution in [2.45, 2.75) is 92.4 Å². The van der Waals surface area contributed by atoms with E-state index in [4.69, 9.17) is 9.47 Å². The van der Waals surface area contributed by atoms with Crippen molar-refractivity contribution in [3.05, 3.63) is 72.1 Å². The average Bonchev–Trinajstić information content (AvgIpc) is 4.45. The molecule has 6 N–H and O–H groups in total. The normalized spacial score (nSPS) is 30.5. The summed E-state index contributed by atoms with van der Waals surface area (Å²) in [5, 5.41) is 32.6. The van der Waals surface area contributed by atoms with Gasteiger partial charge in [-0.2, -0.15) is 0 Å². The Kier molecular flexibility index (Phi) is 16.5. The molecule has 2 saturated heterocycles. The van der Waals surface area contributed by atoms with Crippen molar-refractivity contribution in [3.63, 3.8) is 0 Å². The summed E-state index contributed by atoms with van der Waals surface area (Å²) in [7, 11) is 2.53. The van der Waals surface area contributed by atoms with Gasteiger partial charge in [-0.05, 0) is 69.0 Å². The number of benzene rings is 2. The van der Waals surface area contributed by atoms with Gasteiger partial charge in [-0.3, -0.25) is 42.6 Å². The number of cyclic esters (lactones) is 2. The van der Waals surface area contributed by atoms with Gasteiger partial charge in [-0.25, -0.2) is 19.6 Å². The van der Waals surface area contributed by atoms with Crippen molar-refractivity contribution in [3.8, 4) is 11.5 Å². The monoisotopic (exact) mass is 1140 g/mol. The smallest absolute Gasteiger partial charge is 0.332 e. The van der Waals surface area contributed by atoms with E-state index >= 15 is 13.8 Å². The Balaban J connectivity index is 1.20. The molecule has 25 nitrogen and oxygen atoms in total. The van der Waals surface area contributed by atoms with Crippen LogP contribution in [0.1, 0.15) is 61.5 Å². The first-order valence-electron chi connectivity index (χ1n) is 25.5. The zero-order chi connectivity index (χ0) is 58.4. The first-order chi connectivity index (χ1) is 37.8. The van der Waals surface area contributed by atoms with Gasteiger partial charge >= 0.3 is 11.9 Å². The summed E-state index contributed by atoms with van der Waals surface area (Å²) in [4.78, 5) is 158. The number of nitrogens with zero attached hydrogens (tertiary/aromatic N) is 6. The summed E-state index contributed by atoms with van der Waals surface area (Å²) in [5.74, 6) is -13.3. The predicted molar refractivity (Wildman–Crippen MR) is 288 cm³/mol. The summed E-state index contributed by atoms with van der Waals surface area (Å²) in [6.07, 6.45) is 1.49. The third kappa shape index (κ3) is 10.8. The lowest BCUT2D eigenvalue weighted by Gasteiger charge is -2.39. The van der Waals surface area contributed by atoms with Gasteiger partial charge in [0.15, 0.2) is 11.4 Å². The molecular formula is C53H62N10O15S2. The maximum atomic E-state index is 15.4. The van der Waals surface area contributed by atoms with Gasteiger partial charge in [0, 0.05) is 49.8 Å². The van der Waals surface area contributed by atoms with Gasteiger partial charge in [0.25, 0.3) is 11.8 Å². The van der Waals surface area contributed by atoms with Crippen molar-refractivity contribution in [1.82, 2.24) is 50.8 Å². The van der Waals surface area contributed by atoms with Crippen molar-refractivity contribution < 1.29 is 71.8 Å². The number of aromatic hydroxyl groups is 2. The molecule has 4 heterocycles. The Morgan fingerprint density at radius 3 is 1.46 bits per heavy atom. The molecule has 4 aliphatic rings. The van der Waals surface area contributed by atoms with Gasteiger partial charge in [0.05, 0.1) is 16.8 Å². The highest BCUT2D eigenvalue weighted by Gasteiger charge is 2.66. The highest BCUT2D eigenvalue weighted by atomic mass is 32.2. The minimum atomic E-state index is -2.40. The van der Waals surface area contributed by atoms with E-state index in [1.54, 1.807) is 62.4 Å². The highest BCUT2D eigenvalue weighted by molar-refractivity contribution is 8.11. The molecule has 2 aromatic carbocycles. The topological polar surface area (TPSA) is 334 Å². The van der Waals surface area contributed by atoms with E-state index in [9.17, 15) is 48.6 Å². The van der Waals surface area contributed by atoms with E-state index in [2.05, 4.69) is 31.2 Å². The maximum Gasteiger partial charge on any atom is 0.332 e. The summed E-state index contributed by atoms with van der Waals surface area (Å²) in [6, 6.07) is 5.58. The van der Waals surface area contributed by atoms with E-state index in [1.807, 2.05) is 0 Å². The molecule has 8 amide bonds. The van der Waals surface area contributed by atoms with Crippen LogP contribution < -0.4 is 21.3 Å². The molecule has 12 unspecified atom stereocenters. The van der Waals surface area contributed by atoms with Crippen LogP contribution in [0, 0.1) is 11.8 Å². The third-order valence-corrected chi connectivity index (χ3v) is 19.0. The van der Waals surface area contributed by atoms with E-state index in [0.29, 0.717) is 21.8 Å². The number of rotatable bonds is 5. The standard InChI is InChI=1S/C53H62N10O15S2/c1-25-20-52(25)50(74)77-22-34(59-44(69)39-37(65)19-30-15-11-13-17-32(30)57-39)42(67)55-28(4)46(71)61(6)40-48(73)63(8)53(21-26(53)2)51(75)78-23-33(58-43(68)38-36(64)18-29-14-10-12-16-31(29)56-38)41(66)54-27(3)45(70)60(5)35(47(72)62(52)7)24-80(76)49(40)79-9/h10-19,25-28,33-35,40,49,64-65H,20-24H2,1-9H3,(H,54,66)(H,55,67)(H,58,68)(H,59,69). The zero-order valence-corrected chi connectivity index (χ0v) is 46.8. The Hall–Kier alpha value is -7.94. The lowest BCUT2D eigenvalue weighted by atomic mass is 10.1. The van der Waals surface area contributed by atoms with Gasteiger partial charge in [-0.15, -0.1) is 11.8 Å². The maximum absolute atomic E-state index is 15.4. The number of esters is 2. The number of hydrogen-bond acceptors (Lipinski definition) is 18. The van der Waals surface area contributed by atoms with E-state index in [1.165, 1.54) is 60.4 Å². The number of para-hydroxylation sites is 2. The number of likely N-dealkylation sites (N-methyl/N-ethyl adjacent to an activating group) is 4. The van der Waals surface area contributed by atoms with E-state index in [0.717, 1.165) is 31.4 Å². The minimum Gasteiger partial charge on any atom is -0.505 e. The molecule has 2 aliphatic heterocycles. The lowest BCUT2D eigenvalue weighted by molar-refractivity contribution is -0.161. The van der Waals surface area contributed by atoms with Crippen molar-refractivity contribution in [2.75, 3.05) is 53.4 Å². The third-order valence-electron chi connectivity index (χ3n) is 15.6. The number of ether oxygens (including phenoxy) is 2. The van der Waals surface area contributed by atoms with Crippen LogP contribution in [0.15, 0.2) is 60.7 Å². The molecule has 2 saturated carbocycles. The predicted octanol–water partition coefficient (Wildman–Crippen LogP) is -0.220. The molecule has 4 fully saturated rings. The molecule has 4 aromatic rings. The number of aromatic nitrogens is 2. The van der Waals surface area contributed by atoms with E-state index in [-0.39, 0.29) is 12.8 Å². The molecule has 2 aromatic heterocycles. The number of amides is 8. The molecule has 426 valence electrons. The quantitative estimate of drug-likeness (QED) is 0.141. The van der Waals surface area contributed by atoms with Gasteiger partial charge in [-0.1, -0.05) is 50.2 Å². The fourth-order valence-corrected chi connectivity index (χ4v) is 13.5. The summed E-state index contributed by atoms with van der Waals surface area (Å²) >= 11 is 0.866. The largest absolute Gasteiger partial charge is 0.505 e. The number of fused-ring (bicyclic) bond motifs is 6. The van der Waals surface area contributed by atoms with Crippen LogP contribution >= 0.6 is 11.8 Å². The Bertz CT molecular complexity index is 3280. The minimum absolute atomic E-state index is 0.000637. The number of pyridine rings is 2. The van der Waals surface area contributed by atoms with Crippen LogP contribution in [0.3, 0.4) is 0 Å². The molecule has 80 heavy (non-hydrogen) atoms. The van der Waals surface area contributed by atoms with Crippen LogP contribution in [0.25, 0.3) is 21.8 Å². The molecule has 2 aliphatic carbocycles. The molecule has 0 radical (unpaired) electrons. The average molecular weight is 1140 g/mol. The zero-order valence-electron chi connectivity index (χ0n) is 45.2. The SMILES string of the molecule is CSC1C2C(=O)N(C)C3(CC3C)C(=O)OCC(NC(=O)c3nc4ccccc4cc3O)C(=O)NC(C)C(=O)N(C)C(CS1=O)C(=O)N(C)C1(CC1C)C(=O)OCC(NC(=O)c1nc3ccccc3cc1O)C(=O)NC(C)C(=O)N2C. The molecular weight excluding hydrogens is 1080 g/mol.